The van der Waals surface area contributed by atoms with E-state index in [1.165, 1.54) is 7.11 Å². The van der Waals surface area contributed by atoms with Crippen molar-refractivity contribution in [2.45, 2.75) is 19.3 Å². The Morgan fingerprint density at radius 2 is 2.08 bits per heavy atom. The first-order chi connectivity index (χ1) is 5.66. The zero-order chi connectivity index (χ0) is 9.40. The highest BCUT2D eigenvalue weighted by Gasteiger charge is 1.94. The van der Waals surface area contributed by atoms with Crippen LogP contribution in [0.25, 0.3) is 0 Å². The lowest BCUT2D eigenvalue weighted by Gasteiger charge is -1.88. The van der Waals surface area contributed by atoms with Crippen molar-refractivity contribution in [3.63, 3.8) is 0 Å². The second-order valence-corrected chi connectivity index (χ2v) is 2.00. The fourth-order valence-electron chi connectivity index (χ4n) is 0.465. The first-order valence-electron chi connectivity index (χ1n) is 3.41. The molecule has 66 valence electrons. The third-order valence-corrected chi connectivity index (χ3v) is 1.05. The molecule has 4 nitrogen and oxygen atoms in total. The molecule has 0 fully saturated rings. The lowest BCUT2D eigenvalue weighted by molar-refractivity contribution is -0.139. The van der Waals surface area contributed by atoms with Gasteiger partial charge in [0.25, 0.3) is 0 Å². The summed E-state index contributed by atoms with van der Waals surface area (Å²) in [5.41, 5.74) is 0. The third kappa shape index (κ3) is 6.62. The summed E-state index contributed by atoms with van der Waals surface area (Å²) in [7, 11) is 1.28. The summed E-state index contributed by atoms with van der Waals surface area (Å²) in [6, 6.07) is 0. The summed E-state index contributed by atoms with van der Waals surface area (Å²) in [6.07, 6.45) is 0.302. The zero-order valence-electron chi connectivity index (χ0n) is 6.79. The van der Waals surface area contributed by atoms with Gasteiger partial charge in [-0.1, -0.05) is 5.92 Å². The first kappa shape index (κ1) is 10.5. The lowest BCUT2D eigenvalue weighted by Crippen LogP contribution is -1.97. The van der Waals surface area contributed by atoms with E-state index >= 15 is 0 Å². The Morgan fingerprint density at radius 1 is 1.42 bits per heavy atom. The molecule has 0 aliphatic heterocycles. The molecule has 0 atom stereocenters. The average Bonchev–Trinajstić information content (AvgIpc) is 2.03. The number of hydrogen-bond acceptors (Lipinski definition) is 3. The molecule has 0 heterocycles. The largest absolute Gasteiger partial charge is 0.481 e. The molecule has 0 saturated carbocycles. The molecule has 0 radical (unpaired) electrons. The number of esters is 1. The topological polar surface area (TPSA) is 63.6 Å². The van der Waals surface area contributed by atoms with Crippen LogP contribution in [-0.2, 0) is 14.3 Å². The van der Waals surface area contributed by atoms with Gasteiger partial charge in [-0.2, -0.15) is 0 Å². The van der Waals surface area contributed by atoms with Crippen LogP contribution in [0.15, 0.2) is 0 Å². The molecule has 0 aromatic carbocycles. The molecule has 1 N–H and O–H groups in total. The molecule has 0 rings (SSSR count). The van der Waals surface area contributed by atoms with Gasteiger partial charge in [-0.05, 0) is 0 Å². The summed E-state index contributed by atoms with van der Waals surface area (Å²) in [6.45, 7) is 0. The van der Waals surface area contributed by atoms with Crippen LogP contribution in [0.2, 0.25) is 0 Å². The molecule has 0 amide bonds. The molecule has 0 saturated heterocycles. The Kier molecular flexibility index (Phi) is 5.45. The summed E-state index contributed by atoms with van der Waals surface area (Å²) >= 11 is 0. The highest BCUT2D eigenvalue weighted by atomic mass is 16.5. The van der Waals surface area contributed by atoms with E-state index in [0.29, 0.717) is 0 Å². The van der Waals surface area contributed by atoms with E-state index in [1.54, 1.807) is 0 Å². The number of carboxylic acids is 1. The van der Waals surface area contributed by atoms with Gasteiger partial charge in [0.1, 0.15) is 6.42 Å². The molecule has 0 spiro atoms. The minimum atomic E-state index is -0.887. The van der Waals surface area contributed by atoms with Crippen molar-refractivity contribution >= 4 is 11.9 Å². The molecular weight excluding hydrogens is 160 g/mol. The monoisotopic (exact) mass is 170 g/mol. The molecular formula is C8H10O4. The summed E-state index contributed by atoms with van der Waals surface area (Å²) in [4.78, 5) is 20.5. The Hall–Kier alpha value is -1.50. The maximum absolute atomic E-state index is 10.5. The quantitative estimate of drug-likeness (QED) is 0.492. The molecule has 0 aliphatic carbocycles. The molecule has 12 heavy (non-hydrogen) atoms. The first-order valence-corrected chi connectivity index (χ1v) is 3.41. The van der Waals surface area contributed by atoms with E-state index in [-0.39, 0.29) is 19.3 Å². The number of rotatable bonds is 3. The van der Waals surface area contributed by atoms with Crippen LogP contribution >= 0.6 is 0 Å². The van der Waals surface area contributed by atoms with Crippen molar-refractivity contribution < 1.29 is 19.4 Å². The predicted molar refractivity (Wildman–Crippen MR) is 41.3 cm³/mol. The van der Waals surface area contributed by atoms with Gasteiger partial charge in [0, 0.05) is 6.42 Å². The number of carbonyl (C=O) groups excluding carboxylic acids is 1. The van der Waals surface area contributed by atoms with Gasteiger partial charge in [0.05, 0.1) is 13.5 Å². The highest BCUT2D eigenvalue weighted by Crippen LogP contribution is 1.86. The standard InChI is InChI=1S/C8H10O4/c1-12-8(11)6-4-2-3-5-7(9)10/h3,5-6H2,1H3,(H,9,10). The Balaban J connectivity index is 3.47. The normalized spacial score (nSPS) is 8.08. The van der Waals surface area contributed by atoms with Crippen LogP contribution in [0, 0.1) is 11.8 Å². The Morgan fingerprint density at radius 3 is 2.58 bits per heavy atom. The lowest BCUT2D eigenvalue weighted by atomic mass is 10.3. The Bertz CT molecular complexity index is 221. The van der Waals surface area contributed by atoms with Crippen LogP contribution in [0.5, 0.6) is 0 Å². The highest BCUT2D eigenvalue weighted by molar-refractivity contribution is 5.72. The minimum absolute atomic E-state index is 0.00811. The maximum Gasteiger partial charge on any atom is 0.317 e. The van der Waals surface area contributed by atoms with Crippen molar-refractivity contribution in [2.75, 3.05) is 7.11 Å². The SMILES string of the molecule is COC(=O)CC#CCCC(=O)O. The van der Waals surface area contributed by atoms with Gasteiger partial charge in [-0.3, -0.25) is 9.59 Å². The van der Waals surface area contributed by atoms with Crippen molar-refractivity contribution in [1.29, 1.82) is 0 Å². The molecule has 0 bridgehead atoms. The minimum Gasteiger partial charge on any atom is -0.481 e. The molecule has 0 aliphatic rings. The Labute approximate surface area is 70.5 Å². The number of aliphatic carboxylic acids is 1. The number of hydrogen-bond donors (Lipinski definition) is 1. The fraction of sp³-hybridized carbons (Fsp3) is 0.500. The van der Waals surface area contributed by atoms with Gasteiger partial charge in [-0.15, -0.1) is 5.92 Å². The van der Waals surface area contributed by atoms with Gasteiger partial charge < -0.3 is 9.84 Å². The van der Waals surface area contributed by atoms with Crippen LogP contribution in [0.3, 0.4) is 0 Å². The van der Waals surface area contributed by atoms with E-state index in [2.05, 4.69) is 16.6 Å². The van der Waals surface area contributed by atoms with E-state index < -0.39 is 11.9 Å². The van der Waals surface area contributed by atoms with E-state index in [0.717, 1.165) is 0 Å². The van der Waals surface area contributed by atoms with Crippen LogP contribution in [-0.4, -0.2) is 24.2 Å². The average molecular weight is 170 g/mol. The van der Waals surface area contributed by atoms with Crippen molar-refractivity contribution in [1.82, 2.24) is 0 Å². The van der Waals surface area contributed by atoms with E-state index in [4.69, 9.17) is 5.11 Å². The number of methoxy groups -OCH3 is 1. The maximum atomic E-state index is 10.5. The second-order valence-electron chi connectivity index (χ2n) is 2.00. The molecule has 4 heteroatoms. The van der Waals surface area contributed by atoms with Gasteiger partial charge >= 0.3 is 11.9 Å². The van der Waals surface area contributed by atoms with E-state index in [1.807, 2.05) is 0 Å². The van der Waals surface area contributed by atoms with Crippen molar-refractivity contribution in [3.05, 3.63) is 0 Å². The number of carbonyl (C=O) groups is 2. The smallest absolute Gasteiger partial charge is 0.317 e. The van der Waals surface area contributed by atoms with Crippen LogP contribution in [0.1, 0.15) is 19.3 Å². The fourth-order valence-corrected chi connectivity index (χ4v) is 0.465. The molecule has 0 aromatic heterocycles. The van der Waals surface area contributed by atoms with E-state index in [9.17, 15) is 9.59 Å². The van der Waals surface area contributed by atoms with Gasteiger partial charge in [0.15, 0.2) is 0 Å². The third-order valence-electron chi connectivity index (χ3n) is 1.05. The predicted octanol–water partition coefficient (Wildman–Crippen LogP) is 0.418. The molecule has 0 aromatic rings. The summed E-state index contributed by atoms with van der Waals surface area (Å²) in [5.74, 6) is 3.76. The second kappa shape index (κ2) is 6.23. The van der Waals surface area contributed by atoms with Crippen molar-refractivity contribution in [3.8, 4) is 11.8 Å². The van der Waals surface area contributed by atoms with Gasteiger partial charge in [0.2, 0.25) is 0 Å². The van der Waals surface area contributed by atoms with Gasteiger partial charge in [-0.25, -0.2) is 0 Å². The van der Waals surface area contributed by atoms with Crippen molar-refractivity contribution in [2.24, 2.45) is 0 Å². The summed E-state index contributed by atoms with van der Waals surface area (Å²) < 4.78 is 4.32. The number of ether oxygens (including phenoxy) is 1. The van der Waals surface area contributed by atoms with Crippen LogP contribution < -0.4 is 0 Å². The van der Waals surface area contributed by atoms with Crippen LogP contribution in [0.4, 0.5) is 0 Å². The number of carboxylic acid groups (broad SMARTS) is 1. The molecule has 0 unspecified atom stereocenters. The summed E-state index contributed by atoms with van der Waals surface area (Å²) in [5, 5.41) is 8.21. The zero-order valence-corrected chi connectivity index (χ0v) is 6.79.